The van der Waals surface area contributed by atoms with Gasteiger partial charge < -0.3 is 10.6 Å². The number of carbonyl (C=O) groups is 2. The van der Waals surface area contributed by atoms with Gasteiger partial charge in [-0.25, -0.2) is 0 Å². The van der Waals surface area contributed by atoms with E-state index in [-0.39, 0.29) is 11.8 Å². The number of rotatable bonds is 5. The first-order valence-electron chi connectivity index (χ1n) is 9.12. The molecule has 2 aromatic carbocycles. The van der Waals surface area contributed by atoms with E-state index in [9.17, 15) is 9.59 Å². The van der Waals surface area contributed by atoms with E-state index in [1.54, 1.807) is 0 Å². The smallest absolute Gasteiger partial charge is 0.240 e. The Morgan fingerprint density at radius 1 is 0.923 bits per heavy atom. The number of benzene rings is 2. The van der Waals surface area contributed by atoms with Gasteiger partial charge in [0.1, 0.15) is 5.41 Å². The van der Waals surface area contributed by atoms with Crippen LogP contribution in [0.5, 0.6) is 0 Å². The first-order valence-corrected chi connectivity index (χ1v) is 9.12. The van der Waals surface area contributed by atoms with Crippen LogP contribution in [0, 0.1) is 19.3 Å². The molecule has 1 aliphatic carbocycles. The molecule has 0 spiro atoms. The van der Waals surface area contributed by atoms with Crippen molar-refractivity contribution in [1.82, 2.24) is 0 Å². The van der Waals surface area contributed by atoms with Crippen LogP contribution < -0.4 is 10.6 Å². The van der Waals surface area contributed by atoms with E-state index in [1.165, 1.54) is 5.56 Å². The maximum atomic E-state index is 12.7. The zero-order valence-corrected chi connectivity index (χ0v) is 15.8. The fourth-order valence-electron chi connectivity index (χ4n) is 3.08. The summed E-state index contributed by atoms with van der Waals surface area (Å²) in [5.74, 6) is -0.00383. The zero-order valence-electron chi connectivity index (χ0n) is 15.8. The van der Waals surface area contributed by atoms with Crippen LogP contribution in [0.3, 0.4) is 0 Å². The van der Waals surface area contributed by atoms with Crippen molar-refractivity contribution in [3.05, 3.63) is 59.2 Å². The second-order valence-electron chi connectivity index (χ2n) is 7.59. The fourth-order valence-corrected chi connectivity index (χ4v) is 3.08. The van der Waals surface area contributed by atoms with Gasteiger partial charge in [-0.15, -0.1) is 0 Å². The monoisotopic (exact) mass is 350 g/mol. The van der Waals surface area contributed by atoms with Gasteiger partial charge in [0.25, 0.3) is 0 Å². The summed E-state index contributed by atoms with van der Waals surface area (Å²) >= 11 is 0. The molecule has 0 saturated heterocycles. The minimum absolute atomic E-state index is 0.222. The molecule has 0 aromatic heterocycles. The molecular formula is C22H26N2O2. The zero-order chi connectivity index (χ0) is 18.9. The molecule has 1 fully saturated rings. The molecule has 1 saturated carbocycles. The maximum absolute atomic E-state index is 12.7. The Hall–Kier alpha value is -2.62. The third-order valence-electron chi connectivity index (χ3n) is 5.08. The highest BCUT2D eigenvalue weighted by Gasteiger charge is 2.56. The Balaban J connectivity index is 1.69. The topological polar surface area (TPSA) is 58.2 Å². The van der Waals surface area contributed by atoms with Crippen molar-refractivity contribution in [2.75, 3.05) is 10.6 Å². The van der Waals surface area contributed by atoms with Crippen molar-refractivity contribution in [3.63, 3.8) is 0 Å². The molecule has 3 rings (SSSR count). The van der Waals surface area contributed by atoms with Gasteiger partial charge in [0.2, 0.25) is 11.8 Å². The summed E-state index contributed by atoms with van der Waals surface area (Å²) < 4.78 is 0. The first-order chi connectivity index (χ1) is 12.3. The molecule has 2 amide bonds. The van der Waals surface area contributed by atoms with Gasteiger partial charge in [-0.05, 0) is 61.9 Å². The lowest BCUT2D eigenvalue weighted by molar-refractivity contribution is -0.131. The van der Waals surface area contributed by atoms with Crippen LogP contribution in [-0.2, 0) is 9.59 Å². The largest absolute Gasteiger partial charge is 0.325 e. The molecule has 0 aliphatic heterocycles. The molecule has 0 atom stereocenters. The highest BCUT2D eigenvalue weighted by Crippen LogP contribution is 2.47. The summed E-state index contributed by atoms with van der Waals surface area (Å²) in [4.78, 5) is 25.5. The summed E-state index contributed by atoms with van der Waals surface area (Å²) in [6.45, 7) is 8.23. The molecule has 0 heterocycles. The Bertz CT molecular complexity index is 834. The number of hydrogen-bond donors (Lipinski definition) is 2. The molecule has 2 N–H and O–H groups in total. The Labute approximate surface area is 155 Å². The first kappa shape index (κ1) is 18.2. The SMILES string of the molecule is Cc1ccc(NC(=O)C2(C(=O)Nc3ccc(C(C)C)cc3)CC2)c(C)c1. The molecule has 136 valence electrons. The lowest BCUT2D eigenvalue weighted by Crippen LogP contribution is -2.35. The quantitative estimate of drug-likeness (QED) is 0.762. The molecule has 1 aliphatic rings. The van der Waals surface area contributed by atoms with Gasteiger partial charge in [0.15, 0.2) is 0 Å². The van der Waals surface area contributed by atoms with Crippen molar-refractivity contribution in [3.8, 4) is 0 Å². The highest BCUT2D eigenvalue weighted by molar-refractivity contribution is 6.17. The van der Waals surface area contributed by atoms with Gasteiger partial charge in [0.05, 0.1) is 0 Å². The fraction of sp³-hybridized carbons (Fsp3) is 0.364. The highest BCUT2D eigenvalue weighted by atomic mass is 16.2. The van der Waals surface area contributed by atoms with Gasteiger partial charge in [0, 0.05) is 11.4 Å². The van der Waals surface area contributed by atoms with Gasteiger partial charge in [-0.3, -0.25) is 9.59 Å². The number of anilines is 2. The number of hydrogen-bond acceptors (Lipinski definition) is 2. The lowest BCUT2D eigenvalue weighted by Gasteiger charge is -2.17. The second kappa shape index (κ2) is 6.94. The summed E-state index contributed by atoms with van der Waals surface area (Å²) in [5, 5.41) is 5.83. The van der Waals surface area contributed by atoms with Crippen molar-refractivity contribution < 1.29 is 9.59 Å². The number of carbonyl (C=O) groups excluding carboxylic acids is 2. The van der Waals surface area contributed by atoms with Crippen molar-refractivity contribution in [1.29, 1.82) is 0 Å². The van der Waals surface area contributed by atoms with Crippen LogP contribution in [0.1, 0.15) is 49.3 Å². The van der Waals surface area contributed by atoms with Crippen LogP contribution in [0.2, 0.25) is 0 Å². The van der Waals surface area contributed by atoms with Gasteiger partial charge in [-0.2, -0.15) is 0 Å². The molecule has 4 heteroatoms. The molecule has 4 nitrogen and oxygen atoms in total. The van der Waals surface area contributed by atoms with Crippen molar-refractivity contribution in [2.45, 2.75) is 46.5 Å². The van der Waals surface area contributed by atoms with E-state index in [0.29, 0.717) is 18.8 Å². The van der Waals surface area contributed by atoms with E-state index < -0.39 is 5.41 Å². The van der Waals surface area contributed by atoms with Crippen molar-refractivity contribution in [2.24, 2.45) is 5.41 Å². The number of nitrogens with one attached hydrogen (secondary N) is 2. The normalized spacial score (nSPS) is 14.8. The third-order valence-corrected chi connectivity index (χ3v) is 5.08. The number of aryl methyl sites for hydroxylation is 2. The molecule has 0 radical (unpaired) electrons. The summed E-state index contributed by atoms with van der Waals surface area (Å²) in [7, 11) is 0. The lowest BCUT2D eigenvalue weighted by atomic mass is 10.0. The Morgan fingerprint density at radius 3 is 2.08 bits per heavy atom. The van der Waals surface area contributed by atoms with E-state index in [2.05, 4.69) is 24.5 Å². The van der Waals surface area contributed by atoms with Crippen LogP contribution >= 0.6 is 0 Å². The van der Waals surface area contributed by atoms with Crippen LogP contribution in [0.15, 0.2) is 42.5 Å². The molecule has 0 bridgehead atoms. The van der Waals surface area contributed by atoms with Gasteiger partial charge >= 0.3 is 0 Å². The number of amides is 2. The van der Waals surface area contributed by atoms with E-state index in [1.807, 2.05) is 56.3 Å². The van der Waals surface area contributed by atoms with Gasteiger partial charge in [-0.1, -0.05) is 43.7 Å². The van der Waals surface area contributed by atoms with Crippen LogP contribution in [0.4, 0.5) is 11.4 Å². The Morgan fingerprint density at radius 2 is 1.54 bits per heavy atom. The average Bonchev–Trinajstić information content (AvgIpc) is 3.40. The van der Waals surface area contributed by atoms with E-state index >= 15 is 0 Å². The minimum atomic E-state index is -0.950. The van der Waals surface area contributed by atoms with E-state index in [0.717, 1.165) is 22.5 Å². The van der Waals surface area contributed by atoms with E-state index in [4.69, 9.17) is 0 Å². The maximum Gasteiger partial charge on any atom is 0.240 e. The molecule has 26 heavy (non-hydrogen) atoms. The molecule has 2 aromatic rings. The molecule has 0 unspecified atom stereocenters. The second-order valence-corrected chi connectivity index (χ2v) is 7.59. The van der Waals surface area contributed by atoms with Crippen LogP contribution in [-0.4, -0.2) is 11.8 Å². The Kier molecular flexibility index (Phi) is 4.86. The third kappa shape index (κ3) is 3.64. The molecular weight excluding hydrogens is 324 g/mol. The average molecular weight is 350 g/mol. The predicted octanol–water partition coefficient (Wildman–Crippen LogP) is 4.78. The van der Waals surface area contributed by atoms with Crippen LogP contribution in [0.25, 0.3) is 0 Å². The predicted molar refractivity (Wildman–Crippen MR) is 105 cm³/mol. The summed E-state index contributed by atoms with van der Waals surface area (Å²) in [6.07, 6.45) is 1.17. The standard InChI is InChI=1S/C22H26N2O2/c1-14(2)17-6-8-18(9-7-17)23-20(25)22(11-12-22)21(26)24-19-10-5-15(3)13-16(19)4/h5-10,13-14H,11-12H2,1-4H3,(H,23,25)(H,24,26). The summed E-state index contributed by atoms with van der Waals surface area (Å²) in [6, 6.07) is 13.7. The summed E-state index contributed by atoms with van der Waals surface area (Å²) in [5.41, 5.74) is 3.90. The minimum Gasteiger partial charge on any atom is -0.325 e. The van der Waals surface area contributed by atoms with Crippen molar-refractivity contribution >= 4 is 23.2 Å².